The van der Waals surface area contributed by atoms with E-state index < -0.39 is 0 Å². The first-order valence-corrected chi connectivity index (χ1v) is 16.5. The number of hydrogen-bond donors (Lipinski definition) is 0. The van der Waals surface area contributed by atoms with Crippen LogP contribution in [0.15, 0.2) is 164 Å². The molecule has 0 nitrogen and oxygen atoms in total. The molecule has 0 aliphatic heterocycles. The molecule has 0 N–H and O–H groups in total. The summed E-state index contributed by atoms with van der Waals surface area (Å²) in [6.07, 6.45) is 0. The van der Waals surface area contributed by atoms with E-state index in [1.807, 2.05) is 0 Å². The van der Waals surface area contributed by atoms with E-state index in [1.54, 1.807) is 0 Å². The van der Waals surface area contributed by atoms with E-state index in [2.05, 4.69) is 164 Å². The third kappa shape index (κ3) is 3.83. The van der Waals surface area contributed by atoms with Crippen LogP contribution >= 0.6 is 11.6 Å². The van der Waals surface area contributed by atoms with Crippen molar-refractivity contribution >= 4 is 76.2 Å². The maximum Gasteiger partial charge on any atom is 0.0491 e. The average molecular weight is 615 g/mol. The van der Waals surface area contributed by atoms with Gasteiger partial charge in [0.15, 0.2) is 0 Å². The molecule has 1 heteroatoms. The lowest BCUT2D eigenvalue weighted by Crippen LogP contribution is -1.93. The second-order valence-electron chi connectivity index (χ2n) is 12.5. The summed E-state index contributed by atoms with van der Waals surface area (Å²) in [6, 6.07) is 59.5. The molecular formula is C46H27Cl. The van der Waals surface area contributed by atoms with Gasteiger partial charge in [-0.15, -0.1) is 0 Å². The summed E-state index contributed by atoms with van der Waals surface area (Å²) in [4.78, 5) is 0. The molecule has 0 fully saturated rings. The van der Waals surface area contributed by atoms with Gasteiger partial charge in [0.05, 0.1) is 0 Å². The maximum atomic E-state index is 7.42. The predicted octanol–water partition coefficient (Wildman–Crippen LogP) is 13.7. The SMILES string of the molecule is Clc1cc2c(-c3ccccc3)c3ccccc3c(-c3ccccc3)c2cc1-c1ccc2c3cccc4cccc(c5cccc1c52)c43. The molecule has 0 heterocycles. The van der Waals surface area contributed by atoms with Crippen molar-refractivity contribution in [2.24, 2.45) is 0 Å². The van der Waals surface area contributed by atoms with Gasteiger partial charge in [-0.25, -0.2) is 0 Å². The Balaban J connectivity index is 1.36. The number of halogens is 1. The van der Waals surface area contributed by atoms with E-state index in [-0.39, 0.29) is 0 Å². The van der Waals surface area contributed by atoms with Crippen LogP contribution in [0, 0.1) is 0 Å². The average Bonchev–Trinajstić information content (AvgIpc) is 3.13. The Bertz CT molecular complexity index is 2780. The molecule has 10 aromatic rings. The Labute approximate surface area is 277 Å². The summed E-state index contributed by atoms with van der Waals surface area (Å²) in [5.74, 6) is 0. The van der Waals surface area contributed by atoms with Crippen molar-refractivity contribution in [1.29, 1.82) is 0 Å². The minimum absolute atomic E-state index is 0.753. The van der Waals surface area contributed by atoms with Gasteiger partial charge in [0.1, 0.15) is 0 Å². The minimum atomic E-state index is 0.753. The predicted molar refractivity (Wildman–Crippen MR) is 204 cm³/mol. The number of rotatable bonds is 3. The van der Waals surface area contributed by atoms with Crippen LogP contribution in [0.25, 0.3) is 98.0 Å². The minimum Gasteiger partial charge on any atom is -0.0836 e. The van der Waals surface area contributed by atoms with Gasteiger partial charge in [0, 0.05) is 10.6 Å². The molecule has 0 saturated carbocycles. The largest absolute Gasteiger partial charge is 0.0836 e. The highest BCUT2D eigenvalue weighted by molar-refractivity contribution is 6.38. The highest BCUT2D eigenvalue weighted by Gasteiger charge is 2.21. The van der Waals surface area contributed by atoms with Crippen LogP contribution in [0.4, 0.5) is 0 Å². The second-order valence-corrected chi connectivity index (χ2v) is 12.9. The normalized spacial score (nSPS) is 11.9. The summed E-state index contributed by atoms with van der Waals surface area (Å²) in [6.45, 7) is 0. The van der Waals surface area contributed by atoms with Crippen molar-refractivity contribution in [1.82, 2.24) is 0 Å². The zero-order valence-corrected chi connectivity index (χ0v) is 26.2. The van der Waals surface area contributed by atoms with Crippen LogP contribution in [0.1, 0.15) is 0 Å². The van der Waals surface area contributed by atoms with Crippen molar-refractivity contribution in [2.75, 3.05) is 0 Å². The molecule has 10 aromatic carbocycles. The van der Waals surface area contributed by atoms with Gasteiger partial charge in [-0.3, -0.25) is 0 Å². The van der Waals surface area contributed by atoms with E-state index >= 15 is 0 Å². The highest BCUT2D eigenvalue weighted by atomic mass is 35.5. The Morgan fingerprint density at radius 2 is 0.766 bits per heavy atom. The molecule has 10 rings (SSSR count). The lowest BCUT2D eigenvalue weighted by atomic mass is 9.83. The van der Waals surface area contributed by atoms with Crippen molar-refractivity contribution in [3.05, 3.63) is 169 Å². The first kappa shape index (κ1) is 26.5. The van der Waals surface area contributed by atoms with Crippen molar-refractivity contribution < 1.29 is 0 Å². The summed E-state index contributed by atoms with van der Waals surface area (Å²) >= 11 is 7.42. The highest BCUT2D eigenvalue weighted by Crippen LogP contribution is 2.49. The van der Waals surface area contributed by atoms with Gasteiger partial charge in [0.25, 0.3) is 0 Å². The third-order valence-corrected chi connectivity index (χ3v) is 10.4. The van der Waals surface area contributed by atoms with Gasteiger partial charge >= 0.3 is 0 Å². The Morgan fingerprint density at radius 3 is 1.38 bits per heavy atom. The quantitative estimate of drug-likeness (QED) is 0.137. The fourth-order valence-corrected chi connectivity index (χ4v) is 8.38. The van der Waals surface area contributed by atoms with Gasteiger partial charge < -0.3 is 0 Å². The molecule has 0 aliphatic carbocycles. The molecule has 0 saturated heterocycles. The fraction of sp³-hybridized carbons (Fsp3) is 0. The molecule has 218 valence electrons. The fourth-order valence-electron chi connectivity index (χ4n) is 8.11. The van der Waals surface area contributed by atoms with E-state index in [4.69, 9.17) is 11.6 Å². The molecule has 0 spiro atoms. The van der Waals surface area contributed by atoms with Gasteiger partial charge in [-0.2, -0.15) is 0 Å². The van der Waals surface area contributed by atoms with E-state index in [9.17, 15) is 0 Å². The van der Waals surface area contributed by atoms with Crippen LogP contribution in [0.2, 0.25) is 5.02 Å². The third-order valence-electron chi connectivity index (χ3n) is 10.1. The van der Waals surface area contributed by atoms with Crippen LogP contribution in [-0.2, 0) is 0 Å². The van der Waals surface area contributed by atoms with Crippen LogP contribution in [0.3, 0.4) is 0 Å². The van der Waals surface area contributed by atoms with Crippen molar-refractivity contribution in [3.63, 3.8) is 0 Å². The van der Waals surface area contributed by atoms with Crippen molar-refractivity contribution in [3.8, 4) is 33.4 Å². The monoisotopic (exact) mass is 614 g/mol. The molecule has 0 unspecified atom stereocenters. The first-order valence-electron chi connectivity index (χ1n) is 16.1. The van der Waals surface area contributed by atoms with Gasteiger partial charge in [0.2, 0.25) is 0 Å². The number of fused-ring (bicyclic) bond motifs is 4. The molecule has 0 bridgehead atoms. The topological polar surface area (TPSA) is 0 Å². The zero-order chi connectivity index (χ0) is 31.1. The van der Waals surface area contributed by atoms with E-state index in [1.165, 1.54) is 81.5 Å². The number of hydrogen-bond acceptors (Lipinski definition) is 0. The molecule has 0 atom stereocenters. The van der Waals surface area contributed by atoms with Gasteiger partial charge in [-0.1, -0.05) is 163 Å². The molecule has 0 amide bonds. The molecule has 0 radical (unpaired) electrons. The summed E-state index contributed by atoms with van der Waals surface area (Å²) in [5, 5.41) is 15.8. The van der Waals surface area contributed by atoms with Crippen LogP contribution in [0.5, 0.6) is 0 Å². The molecule has 0 aliphatic rings. The first-order chi connectivity index (χ1) is 23.3. The van der Waals surface area contributed by atoms with E-state index in [0.29, 0.717) is 0 Å². The summed E-state index contributed by atoms with van der Waals surface area (Å²) in [7, 11) is 0. The van der Waals surface area contributed by atoms with Crippen molar-refractivity contribution in [2.45, 2.75) is 0 Å². The Kier molecular flexibility index (Phi) is 5.73. The molecule has 47 heavy (non-hydrogen) atoms. The Hall–Kier alpha value is -5.69. The lowest BCUT2D eigenvalue weighted by molar-refractivity contribution is 1.64. The lowest BCUT2D eigenvalue weighted by Gasteiger charge is -2.20. The molecular weight excluding hydrogens is 588 g/mol. The second kappa shape index (κ2) is 10.2. The maximum absolute atomic E-state index is 7.42. The van der Waals surface area contributed by atoms with E-state index in [0.717, 1.165) is 21.5 Å². The summed E-state index contributed by atoms with van der Waals surface area (Å²) in [5.41, 5.74) is 7.03. The zero-order valence-electron chi connectivity index (χ0n) is 25.5. The summed E-state index contributed by atoms with van der Waals surface area (Å²) < 4.78 is 0. The van der Waals surface area contributed by atoms with Crippen LogP contribution < -0.4 is 0 Å². The molecule has 0 aromatic heterocycles. The Morgan fingerprint density at radius 1 is 0.298 bits per heavy atom. The van der Waals surface area contributed by atoms with Crippen LogP contribution in [-0.4, -0.2) is 0 Å². The smallest absolute Gasteiger partial charge is 0.0491 e. The van der Waals surface area contributed by atoms with Gasteiger partial charge in [-0.05, 0) is 105 Å². The standard InChI is InChI=1S/C46H27Cl/c47-42-27-41-40(44(28-12-3-1-4-13-28)33-18-7-8-19-34(33)45(41)29-14-5-2-6-15-29)26-39(42)31-24-25-38-36-21-10-17-30-16-9-20-35(43(30)36)37-23-11-22-32(31)46(37)38/h1-27H. The number of benzene rings is 10.